The molecule has 0 aliphatic rings. The largest absolute Gasteiger partial charge is 0.336 e. The number of carbonyl (C=O) groups is 2. The minimum absolute atomic E-state index is 0.187. The van der Waals surface area contributed by atoms with Crippen LogP contribution in [0.1, 0.15) is 21.6 Å². The van der Waals surface area contributed by atoms with E-state index >= 15 is 0 Å². The van der Waals surface area contributed by atoms with Crippen molar-refractivity contribution in [2.75, 3.05) is 12.4 Å². The summed E-state index contributed by atoms with van der Waals surface area (Å²) in [5.74, 6) is -0.353. The second kappa shape index (κ2) is 8.47. The van der Waals surface area contributed by atoms with Crippen LogP contribution < -0.4 is 5.32 Å². The molecule has 0 radical (unpaired) electrons. The molecule has 0 bridgehead atoms. The molecule has 28 heavy (non-hydrogen) atoms. The number of benzene rings is 2. The molecule has 2 amide bonds. The first kappa shape index (κ1) is 19.3. The first-order valence-electron chi connectivity index (χ1n) is 8.80. The van der Waals surface area contributed by atoms with Gasteiger partial charge < -0.3 is 10.2 Å². The fourth-order valence-corrected chi connectivity index (χ4v) is 2.79. The van der Waals surface area contributed by atoms with Crippen molar-refractivity contribution in [2.24, 2.45) is 7.05 Å². The van der Waals surface area contributed by atoms with Crippen LogP contribution in [0.25, 0.3) is 0 Å². The SMILES string of the molecule is CN(Cc1ccc(F)cc1)C(=O)c1cc(NC(=O)Cc2ccccc2)n(C)n1. The van der Waals surface area contributed by atoms with Crippen molar-refractivity contribution >= 4 is 17.6 Å². The Bertz CT molecular complexity index is 968. The predicted octanol–water partition coefficient (Wildman–Crippen LogP) is 3.01. The number of nitrogens with one attached hydrogen (secondary N) is 1. The molecule has 0 saturated heterocycles. The maximum Gasteiger partial charge on any atom is 0.274 e. The van der Waals surface area contributed by atoms with Gasteiger partial charge in [0.2, 0.25) is 5.91 Å². The number of amides is 2. The van der Waals surface area contributed by atoms with Crippen molar-refractivity contribution in [1.29, 1.82) is 0 Å². The topological polar surface area (TPSA) is 67.2 Å². The minimum atomic E-state index is -0.321. The molecule has 0 aliphatic heterocycles. The fourth-order valence-electron chi connectivity index (χ4n) is 2.79. The maximum atomic E-state index is 13.0. The van der Waals surface area contributed by atoms with E-state index in [1.54, 1.807) is 32.3 Å². The molecule has 2 aromatic carbocycles. The van der Waals surface area contributed by atoms with E-state index in [1.807, 2.05) is 30.3 Å². The molecular formula is C21H21FN4O2. The molecular weight excluding hydrogens is 359 g/mol. The second-order valence-corrected chi connectivity index (χ2v) is 6.54. The molecule has 6 nitrogen and oxygen atoms in total. The van der Waals surface area contributed by atoms with E-state index in [9.17, 15) is 14.0 Å². The molecule has 1 N–H and O–H groups in total. The van der Waals surface area contributed by atoms with Gasteiger partial charge in [-0.05, 0) is 23.3 Å². The molecule has 0 unspecified atom stereocenters. The molecule has 3 aromatic rings. The normalized spacial score (nSPS) is 10.5. The third kappa shape index (κ3) is 4.82. The molecule has 3 rings (SSSR count). The number of halogens is 1. The highest BCUT2D eigenvalue weighted by atomic mass is 19.1. The fraction of sp³-hybridized carbons (Fsp3) is 0.190. The quantitative estimate of drug-likeness (QED) is 0.715. The Morgan fingerprint density at radius 2 is 1.75 bits per heavy atom. The van der Waals surface area contributed by atoms with Gasteiger partial charge in [0.1, 0.15) is 11.6 Å². The van der Waals surface area contributed by atoms with E-state index in [0.29, 0.717) is 12.4 Å². The summed E-state index contributed by atoms with van der Waals surface area (Å²) in [6.07, 6.45) is 0.236. The number of hydrogen-bond donors (Lipinski definition) is 1. The molecule has 144 valence electrons. The molecule has 0 spiro atoms. The minimum Gasteiger partial charge on any atom is -0.336 e. The van der Waals surface area contributed by atoms with Gasteiger partial charge in [-0.1, -0.05) is 42.5 Å². The van der Waals surface area contributed by atoms with Crippen LogP contribution in [0.5, 0.6) is 0 Å². The summed E-state index contributed by atoms with van der Waals surface area (Å²) >= 11 is 0. The van der Waals surface area contributed by atoms with Crippen molar-refractivity contribution < 1.29 is 14.0 Å². The summed E-state index contributed by atoms with van der Waals surface area (Å²) in [7, 11) is 3.31. The van der Waals surface area contributed by atoms with Crippen molar-refractivity contribution in [2.45, 2.75) is 13.0 Å². The van der Waals surface area contributed by atoms with Crippen LogP contribution >= 0.6 is 0 Å². The van der Waals surface area contributed by atoms with Crippen LogP contribution in [-0.2, 0) is 24.8 Å². The molecule has 7 heteroatoms. The van der Waals surface area contributed by atoms with Crippen molar-refractivity contribution in [1.82, 2.24) is 14.7 Å². The number of anilines is 1. The van der Waals surface area contributed by atoms with Crippen molar-refractivity contribution in [3.05, 3.63) is 83.3 Å². The van der Waals surface area contributed by atoms with Gasteiger partial charge in [-0.25, -0.2) is 4.39 Å². The van der Waals surface area contributed by atoms with E-state index in [-0.39, 0.29) is 29.7 Å². The molecule has 0 saturated carbocycles. The lowest BCUT2D eigenvalue weighted by atomic mass is 10.1. The smallest absolute Gasteiger partial charge is 0.274 e. The monoisotopic (exact) mass is 380 g/mol. The Kier molecular flexibility index (Phi) is 5.84. The van der Waals surface area contributed by atoms with Crippen molar-refractivity contribution in [3.8, 4) is 0 Å². The molecule has 0 aliphatic carbocycles. The van der Waals surface area contributed by atoms with Crippen LogP contribution in [0.2, 0.25) is 0 Å². The second-order valence-electron chi connectivity index (χ2n) is 6.54. The van der Waals surface area contributed by atoms with Gasteiger partial charge in [-0.2, -0.15) is 5.10 Å². The highest BCUT2D eigenvalue weighted by molar-refractivity contribution is 5.95. The summed E-state index contributed by atoms with van der Waals surface area (Å²) in [6.45, 7) is 0.325. The summed E-state index contributed by atoms with van der Waals surface area (Å²) in [5.41, 5.74) is 1.93. The molecule has 0 fully saturated rings. The Morgan fingerprint density at radius 3 is 2.43 bits per heavy atom. The van der Waals surface area contributed by atoms with Gasteiger partial charge in [0.25, 0.3) is 5.91 Å². The number of aromatic nitrogens is 2. The first-order valence-corrected chi connectivity index (χ1v) is 8.80. The molecule has 1 heterocycles. The van der Waals surface area contributed by atoms with E-state index < -0.39 is 0 Å². The van der Waals surface area contributed by atoms with Gasteiger partial charge in [-0.3, -0.25) is 14.3 Å². The number of hydrogen-bond acceptors (Lipinski definition) is 3. The zero-order chi connectivity index (χ0) is 20.1. The Morgan fingerprint density at radius 1 is 1.07 bits per heavy atom. The van der Waals surface area contributed by atoms with Crippen LogP contribution in [0.15, 0.2) is 60.7 Å². The highest BCUT2D eigenvalue weighted by Crippen LogP contribution is 2.14. The van der Waals surface area contributed by atoms with Gasteiger partial charge in [0, 0.05) is 26.7 Å². The van der Waals surface area contributed by atoms with E-state index in [1.165, 1.54) is 21.7 Å². The number of aryl methyl sites for hydroxylation is 1. The Balaban J connectivity index is 1.64. The van der Waals surface area contributed by atoms with Gasteiger partial charge in [-0.15, -0.1) is 0 Å². The van der Waals surface area contributed by atoms with Crippen molar-refractivity contribution in [3.63, 3.8) is 0 Å². The summed E-state index contributed by atoms with van der Waals surface area (Å²) in [4.78, 5) is 26.4. The first-order chi connectivity index (χ1) is 13.4. The van der Waals surface area contributed by atoms with E-state index in [4.69, 9.17) is 0 Å². The summed E-state index contributed by atoms with van der Waals surface area (Å²) in [5, 5.41) is 6.98. The van der Waals surface area contributed by atoms with E-state index in [0.717, 1.165) is 11.1 Å². The van der Waals surface area contributed by atoms with Gasteiger partial charge in [0.05, 0.1) is 6.42 Å². The lowest BCUT2D eigenvalue weighted by Crippen LogP contribution is -2.26. The third-order valence-electron chi connectivity index (χ3n) is 4.25. The zero-order valence-electron chi connectivity index (χ0n) is 15.7. The average Bonchev–Trinajstić information content (AvgIpc) is 3.04. The molecule has 1 aromatic heterocycles. The number of carbonyl (C=O) groups excluding carboxylic acids is 2. The Labute approximate surface area is 162 Å². The number of nitrogens with zero attached hydrogens (tertiary/aromatic N) is 3. The van der Waals surface area contributed by atoms with E-state index in [2.05, 4.69) is 10.4 Å². The summed E-state index contributed by atoms with van der Waals surface area (Å²) in [6, 6.07) is 16.9. The average molecular weight is 380 g/mol. The maximum absolute atomic E-state index is 13.0. The van der Waals surface area contributed by atoms with Crippen LogP contribution in [0.3, 0.4) is 0 Å². The lowest BCUT2D eigenvalue weighted by molar-refractivity contribution is -0.115. The summed E-state index contributed by atoms with van der Waals surface area (Å²) < 4.78 is 14.5. The Hall–Kier alpha value is -3.48. The highest BCUT2D eigenvalue weighted by Gasteiger charge is 2.18. The zero-order valence-corrected chi connectivity index (χ0v) is 15.7. The van der Waals surface area contributed by atoms with Crippen LogP contribution in [0.4, 0.5) is 10.2 Å². The van der Waals surface area contributed by atoms with Gasteiger partial charge >= 0.3 is 0 Å². The molecule has 0 atom stereocenters. The standard InChI is InChI=1S/C21H21FN4O2/c1-25(14-16-8-10-17(22)11-9-16)21(28)18-13-19(26(2)24-18)23-20(27)12-15-6-4-3-5-7-15/h3-11,13H,12,14H2,1-2H3,(H,23,27). The third-order valence-corrected chi connectivity index (χ3v) is 4.25. The predicted molar refractivity (Wildman–Crippen MR) is 104 cm³/mol. The number of rotatable bonds is 6. The van der Waals surface area contributed by atoms with Gasteiger partial charge in [0.15, 0.2) is 5.69 Å². The van der Waals surface area contributed by atoms with Crippen LogP contribution in [-0.4, -0.2) is 33.5 Å². The lowest BCUT2D eigenvalue weighted by Gasteiger charge is -2.15. The van der Waals surface area contributed by atoms with Crippen LogP contribution in [0, 0.1) is 5.82 Å².